The Morgan fingerprint density at radius 2 is 2.12 bits per heavy atom. The average Bonchev–Trinajstić information content (AvgIpc) is 3.10. The number of H-pyrrole nitrogens is 1. The number of carbonyl (C=O) groups is 1. The summed E-state index contributed by atoms with van der Waals surface area (Å²) in [6, 6.07) is 1.80. The molecule has 128 valence electrons. The molecule has 4 nitrogen and oxygen atoms in total. The molecule has 0 bridgehead atoms. The van der Waals surface area contributed by atoms with Crippen LogP contribution in [-0.2, 0) is 20.7 Å². The van der Waals surface area contributed by atoms with Gasteiger partial charge in [-0.15, -0.1) is 0 Å². The van der Waals surface area contributed by atoms with Crippen molar-refractivity contribution in [1.29, 1.82) is 0 Å². The number of aromatic nitrogens is 1. The van der Waals surface area contributed by atoms with Crippen molar-refractivity contribution in [3.63, 3.8) is 0 Å². The minimum atomic E-state index is -0.645. The number of ketones is 1. The molecule has 1 saturated heterocycles. The molecule has 1 spiro atoms. The van der Waals surface area contributed by atoms with Crippen LogP contribution in [0, 0.1) is 0 Å². The number of halogens is 3. The molecule has 0 radical (unpaired) electrons. The minimum Gasteiger partial charge on any atom is -0.357 e. The van der Waals surface area contributed by atoms with Crippen molar-refractivity contribution in [2.24, 2.45) is 0 Å². The van der Waals surface area contributed by atoms with Gasteiger partial charge in [-0.05, 0) is 18.6 Å². The number of hydrogen-bond acceptors (Lipinski definition) is 3. The van der Waals surface area contributed by atoms with Crippen LogP contribution in [0.15, 0.2) is 10.5 Å². The van der Waals surface area contributed by atoms with Crippen LogP contribution in [0.4, 0.5) is 0 Å². The molecule has 1 aliphatic heterocycles. The maximum Gasteiger partial charge on any atom is 0.173 e. The number of rotatable bonds is 2. The molecule has 0 saturated carbocycles. The first kappa shape index (κ1) is 16.9. The fourth-order valence-corrected chi connectivity index (χ4v) is 5.14. The summed E-state index contributed by atoms with van der Waals surface area (Å²) in [5, 5.41) is 1.97. The molecule has 7 heteroatoms. The molecule has 2 heterocycles. The van der Waals surface area contributed by atoms with Crippen LogP contribution in [0.25, 0.3) is 10.9 Å². The van der Waals surface area contributed by atoms with E-state index in [1.807, 2.05) is 0 Å². The fourth-order valence-electron chi connectivity index (χ4n) is 3.94. The van der Waals surface area contributed by atoms with Crippen molar-refractivity contribution in [2.45, 2.75) is 37.9 Å². The second-order valence-electron chi connectivity index (χ2n) is 6.51. The number of hydrogen-bond donors (Lipinski definition) is 1. The molecule has 1 aromatic carbocycles. The molecule has 1 unspecified atom stereocenters. The first-order chi connectivity index (χ1) is 11.4. The molecular formula is C17H16BrCl2NO3. The summed E-state index contributed by atoms with van der Waals surface area (Å²) in [4.78, 5) is 15.2. The van der Waals surface area contributed by atoms with Crippen LogP contribution >= 0.6 is 39.1 Å². The minimum absolute atomic E-state index is 0.0125. The largest absolute Gasteiger partial charge is 0.357 e. The lowest BCUT2D eigenvalue weighted by Crippen LogP contribution is -2.39. The summed E-state index contributed by atoms with van der Waals surface area (Å²) < 4.78 is 12.8. The molecule has 2 aromatic rings. The lowest BCUT2D eigenvalue weighted by atomic mass is 9.80. The summed E-state index contributed by atoms with van der Waals surface area (Å²) in [6.07, 6.45) is 1.74. The zero-order valence-electron chi connectivity index (χ0n) is 13.0. The Labute approximate surface area is 157 Å². The predicted octanol–water partition coefficient (Wildman–Crippen LogP) is 4.99. The SMILES string of the molecule is CC(=O)CC1CC2(Cc3c1[nH]c1c(Cl)c(Cl)cc(Br)c31)OCCO2. The number of fused-ring (bicyclic) bond motifs is 3. The molecular weight excluding hydrogens is 417 g/mol. The maximum absolute atomic E-state index is 11.8. The van der Waals surface area contributed by atoms with Crippen molar-refractivity contribution in [2.75, 3.05) is 13.2 Å². The number of Topliss-reactive ketones (excluding diaryl/α,β-unsaturated/α-hetero) is 1. The molecule has 1 atom stereocenters. The van der Waals surface area contributed by atoms with Gasteiger partial charge in [0, 0.05) is 40.7 Å². The Morgan fingerprint density at radius 3 is 2.79 bits per heavy atom. The Bertz CT molecular complexity index is 842. The van der Waals surface area contributed by atoms with E-state index in [2.05, 4.69) is 20.9 Å². The zero-order valence-corrected chi connectivity index (χ0v) is 16.1. The van der Waals surface area contributed by atoms with Gasteiger partial charge in [0.25, 0.3) is 0 Å². The first-order valence-corrected chi connectivity index (χ1v) is 9.40. The lowest BCUT2D eigenvalue weighted by Gasteiger charge is -2.36. The number of aromatic amines is 1. The van der Waals surface area contributed by atoms with Gasteiger partial charge in [0.1, 0.15) is 5.78 Å². The van der Waals surface area contributed by atoms with E-state index >= 15 is 0 Å². The highest BCUT2D eigenvalue weighted by molar-refractivity contribution is 9.10. The van der Waals surface area contributed by atoms with Crippen molar-refractivity contribution in [3.05, 3.63) is 31.8 Å². The summed E-state index contributed by atoms with van der Waals surface area (Å²) >= 11 is 16.2. The summed E-state index contributed by atoms with van der Waals surface area (Å²) in [6.45, 7) is 2.77. The van der Waals surface area contributed by atoms with E-state index in [1.165, 1.54) is 0 Å². The quantitative estimate of drug-likeness (QED) is 0.680. The summed E-state index contributed by atoms with van der Waals surface area (Å²) in [5.74, 6) is -0.491. The van der Waals surface area contributed by atoms with E-state index in [0.29, 0.717) is 42.5 Å². The van der Waals surface area contributed by atoms with Crippen LogP contribution in [0.5, 0.6) is 0 Å². The normalized spacial score (nSPS) is 22.2. The second-order valence-corrected chi connectivity index (χ2v) is 8.15. The van der Waals surface area contributed by atoms with Crippen molar-refractivity contribution >= 4 is 55.8 Å². The van der Waals surface area contributed by atoms with E-state index in [0.717, 1.165) is 26.6 Å². The van der Waals surface area contributed by atoms with Gasteiger partial charge >= 0.3 is 0 Å². The van der Waals surface area contributed by atoms with Crippen molar-refractivity contribution in [3.8, 4) is 0 Å². The third kappa shape index (κ3) is 2.61. The first-order valence-electron chi connectivity index (χ1n) is 7.85. The highest BCUT2D eigenvalue weighted by Gasteiger charge is 2.45. The van der Waals surface area contributed by atoms with Gasteiger partial charge in [0.15, 0.2) is 5.79 Å². The molecule has 24 heavy (non-hydrogen) atoms. The Kier molecular flexibility index (Phi) is 4.21. The monoisotopic (exact) mass is 431 g/mol. The van der Waals surface area contributed by atoms with E-state index in [-0.39, 0.29) is 11.7 Å². The molecule has 4 rings (SSSR count). The van der Waals surface area contributed by atoms with Crippen LogP contribution in [0.2, 0.25) is 10.0 Å². The average molecular weight is 433 g/mol. The third-order valence-corrected chi connectivity index (χ3v) is 6.23. The molecule has 0 amide bonds. The van der Waals surface area contributed by atoms with Gasteiger partial charge in [0.05, 0.1) is 28.8 Å². The fraction of sp³-hybridized carbons (Fsp3) is 0.471. The summed E-state index contributed by atoms with van der Waals surface area (Å²) in [7, 11) is 0. The Balaban J connectivity index is 1.94. The van der Waals surface area contributed by atoms with E-state index in [4.69, 9.17) is 32.7 Å². The van der Waals surface area contributed by atoms with E-state index < -0.39 is 5.79 Å². The van der Waals surface area contributed by atoms with E-state index in [9.17, 15) is 4.79 Å². The van der Waals surface area contributed by atoms with Crippen molar-refractivity contribution < 1.29 is 14.3 Å². The Morgan fingerprint density at radius 1 is 1.42 bits per heavy atom. The van der Waals surface area contributed by atoms with Crippen LogP contribution < -0.4 is 0 Å². The highest BCUT2D eigenvalue weighted by Crippen LogP contribution is 2.48. The van der Waals surface area contributed by atoms with Crippen LogP contribution in [-0.4, -0.2) is 29.8 Å². The zero-order chi connectivity index (χ0) is 17.1. The number of ether oxygens (including phenoxy) is 2. The molecule has 1 fully saturated rings. The van der Waals surface area contributed by atoms with E-state index in [1.54, 1.807) is 13.0 Å². The van der Waals surface area contributed by atoms with Gasteiger partial charge in [-0.2, -0.15) is 0 Å². The molecule has 1 aromatic heterocycles. The van der Waals surface area contributed by atoms with Crippen LogP contribution in [0.1, 0.15) is 36.9 Å². The smallest absolute Gasteiger partial charge is 0.173 e. The van der Waals surface area contributed by atoms with Gasteiger partial charge in [-0.25, -0.2) is 0 Å². The summed E-state index contributed by atoms with van der Waals surface area (Å²) in [5.41, 5.74) is 2.93. The molecule has 1 aliphatic carbocycles. The topological polar surface area (TPSA) is 51.3 Å². The second kappa shape index (κ2) is 5.99. The van der Waals surface area contributed by atoms with Gasteiger partial charge in [-0.1, -0.05) is 39.1 Å². The number of carbonyl (C=O) groups excluding carboxylic acids is 1. The standard InChI is InChI=1S/C17H16BrCl2NO3/c1-8(22)4-9-6-17(23-2-3-24-17)7-10-13-11(18)5-12(19)14(20)16(13)21-15(9)10/h5,9,21H,2-4,6-7H2,1H3. The predicted molar refractivity (Wildman–Crippen MR) is 97.0 cm³/mol. The maximum atomic E-state index is 11.8. The Hall–Kier alpha value is -0.590. The van der Waals surface area contributed by atoms with Crippen molar-refractivity contribution in [1.82, 2.24) is 4.98 Å². The number of nitrogens with one attached hydrogen (secondary N) is 1. The highest BCUT2D eigenvalue weighted by atomic mass is 79.9. The van der Waals surface area contributed by atoms with Crippen LogP contribution in [0.3, 0.4) is 0 Å². The lowest BCUT2D eigenvalue weighted by molar-refractivity contribution is -0.168. The van der Waals surface area contributed by atoms with Gasteiger partial charge in [0.2, 0.25) is 0 Å². The third-order valence-electron chi connectivity index (χ3n) is 4.82. The molecule has 2 aliphatic rings. The van der Waals surface area contributed by atoms with Gasteiger partial charge in [-0.3, -0.25) is 0 Å². The number of benzene rings is 1. The van der Waals surface area contributed by atoms with Gasteiger partial charge < -0.3 is 19.3 Å². The molecule has 1 N–H and O–H groups in total.